The number of carbonyl (C=O) groups excluding carboxylic acids is 1. The number of ketones is 1. The van der Waals surface area contributed by atoms with E-state index in [0.717, 1.165) is 24.8 Å². The van der Waals surface area contributed by atoms with Crippen molar-refractivity contribution in [1.82, 2.24) is 0 Å². The van der Waals surface area contributed by atoms with Gasteiger partial charge in [0.1, 0.15) is 0 Å². The number of Topliss-reactive ketones (excluding diaryl/α,β-unsaturated/α-hetero) is 1. The first-order chi connectivity index (χ1) is 8.53. The predicted octanol–water partition coefficient (Wildman–Crippen LogP) is 4.60. The third-order valence-corrected chi connectivity index (χ3v) is 3.40. The van der Waals surface area contributed by atoms with Gasteiger partial charge in [-0.1, -0.05) is 46.8 Å². The molecule has 0 radical (unpaired) electrons. The molecule has 1 aromatic carbocycles. The maximum Gasteiger partial charge on any atom is 0.163 e. The fourth-order valence-corrected chi connectivity index (χ4v) is 2.43. The number of carbonyl (C=O) groups is 1. The van der Waals surface area contributed by atoms with Crippen LogP contribution in [-0.2, 0) is 19.3 Å². The first-order valence-electron chi connectivity index (χ1n) is 7.21. The minimum absolute atomic E-state index is 0.321. The van der Waals surface area contributed by atoms with E-state index in [0.29, 0.717) is 18.1 Å². The molecule has 0 aliphatic heterocycles. The van der Waals surface area contributed by atoms with Gasteiger partial charge in [-0.3, -0.25) is 4.79 Å². The van der Waals surface area contributed by atoms with Crippen LogP contribution in [-0.4, -0.2) is 5.78 Å². The SMILES string of the molecule is CCc1cc(CC)c(C(=O)CC(C)C)c(CC)c1. The first-order valence-corrected chi connectivity index (χ1v) is 7.21. The molecule has 0 spiro atoms. The van der Waals surface area contributed by atoms with Crippen molar-refractivity contribution in [3.63, 3.8) is 0 Å². The monoisotopic (exact) mass is 246 g/mol. The number of rotatable bonds is 6. The highest BCUT2D eigenvalue weighted by Crippen LogP contribution is 2.23. The second-order valence-electron chi connectivity index (χ2n) is 5.37. The van der Waals surface area contributed by atoms with Gasteiger partial charge in [0.15, 0.2) is 5.78 Å². The van der Waals surface area contributed by atoms with Gasteiger partial charge in [-0.05, 0) is 41.9 Å². The first kappa shape index (κ1) is 14.9. The molecule has 0 saturated carbocycles. The van der Waals surface area contributed by atoms with E-state index in [2.05, 4.69) is 46.8 Å². The molecule has 1 heteroatoms. The van der Waals surface area contributed by atoms with Crippen molar-refractivity contribution in [3.05, 3.63) is 34.4 Å². The van der Waals surface area contributed by atoms with Crippen LogP contribution < -0.4 is 0 Å². The van der Waals surface area contributed by atoms with Crippen LogP contribution in [0.25, 0.3) is 0 Å². The lowest BCUT2D eigenvalue weighted by Gasteiger charge is -2.15. The zero-order valence-corrected chi connectivity index (χ0v) is 12.5. The van der Waals surface area contributed by atoms with Crippen LogP contribution in [0.4, 0.5) is 0 Å². The second-order valence-corrected chi connectivity index (χ2v) is 5.37. The smallest absolute Gasteiger partial charge is 0.163 e. The molecule has 0 saturated heterocycles. The van der Waals surface area contributed by atoms with Crippen LogP contribution in [0, 0.1) is 5.92 Å². The van der Waals surface area contributed by atoms with Gasteiger partial charge in [0.05, 0.1) is 0 Å². The summed E-state index contributed by atoms with van der Waals surface area (Å²) in [5.41, 5.74) is 4.82. The lowest BCUT2D eigenvalue weighted by atomic mass is 9.88. The predicted molar refractivity (Wildman–Crippen MR) is 78.4 cm³/mol. The van der Waals surface area contributed by atoms with Gasteiger partial charge in [0, 0.05) is 12.0 Å². The van der Waals surface area contributed by atoms with Crippen molar-refractivity contribution in [2.24, 2.45) is 5.92 Å². The van der Waals surface area contributed by atoms with Crippen molar-refractivity contribution in [1.29, 1.82) is 0 Å². The molecule has 1 aromatic rings. The van der Waals surface area contributed by atoms with Crippen LogP contribution in [0.3, 0.4) is 0 Å². The molecule has 0 unspecified atom stereocenters. The van der Waals surface area contributed by atoms with Crippen LogP contribution in [0.2, 0.25) is 0 Å². The highest BCUT2D eigenvalue weighted by molar-refractivity contribution is 5.99. The molecule has 1 rings (SSSR count). The summed E-state index contributed by atoms with van der Waals surface area (Å²) in [6.45, 7) is 10.7. The Balaban J connectivity index is 3.26. The number of hydrogen-bond donors (Lipinski definition) is 0. The number of aryl methyl sites for hydroxylation is 3. The summed E-state index contributed by atoms with van der Waals surface area (Å²) in [6.07, 6.45) is 3.59. The molecule has 1 nitrogen and oxygen atoms in total. The summed E-state index contributed by atoms with van der Waals surface area (Å²) >= 11 is 0. The quantitative estimate of drug-likeness (QED) is 0.670. The molecule has 0 aliphatic rings. The molecule has 0 aromatic heterocycles. The molecule has 0 amide bonds. The van der Waals surface area contributed by atoms with Crippen molar-refractivity contribution in [2.75, 3.05) is 0 Å². The molecular weight excluding hydrogens is 220 g/mol. The van der Waals surface area contributed by atoms with Crippen LogP contribution in [0.5, 0.6) is 0 Å². The van der Waals surface area contributed by atoms with Crippen LogP contribution in [0.1, 0.15) is 68.1 Å². The molecule has 0 aliphatic carbocycles. The summed E-state index contributed by atoms with van der Waals surface area (Å²) in [5.74, 6) is 0.749. The van der Waals surface area contributed by atoms with E-state index in [1.54, 1.807) is 0 Å². The summed E-state index contributed by atoms with van der Waals surface area (Å²) in [5, 5.41) is 0. The fraction of sp³-hybridized carbons (Fsp3) is 0.588. The standard InChI is InChI=1S/C17H26O/c1-6-13-10-14(7-2)17(15(8-3)11-13)16(18)9-12(4)5/h10-12H,6-9H2,1-5H3. The Labute approximate surface area is 112 Å². The summed E-state index contributed by atoms with van der Waals surface area (Å²) < 4.78 is 0. The maximum absolute atomic E-state index is 12.4. The van der Waals surface area contributed by atoms with Gasteiger partial charge >= 0.3 is 0 Å². The van der Waals surface area contributed by atoms with Crippen molar-refractivity contribution in [3.8, 4) is 0 Å². The molecule has 0 fully saturated rings. The van der Waals surface area contributed by atoms with E-state index >= 15 is 0 Å². The topological polar surface area (TPSA) is 17.1 Å². The van der Waals surface area contributed by atoms with Gasteiger partial charge < -0.3 is 0 Å². The number of hydrogen-bond acceptors (Lipinski definition) is 1. The van der Waals surface area contributed by atoms with Gasteiger partial charge in [0.2, 0.25) is 0 Å². The van der Waals surface area contributed by atoms with Crippen LogP contribution >= 0.6 is 0 Å². The lowest BCUT2D eigenvalue weighted by molar-refractivity contribution is 0.0966. The summed E-state index contributed by atoms with van der Waals surface area (Å²) in [6, 6.07) is 4.43. The summed E-state index contributed by atoms with van der Waals surface area (Å²) in [7, 11) is 0. The zero-order valence-electron chi connectivity index (χ0n) is 12.5. The van der Waals surface area contributed by atoms with E-state index in [9.17, 15) is 4.79 Å². The minimum Gasteiger partial charge on any atom is -0.294 e. The van der Waals surface area contributed by atoms with Gasteiger partial charge in [-0.15, -0.1) is 0 Å². The molecule has 18 heavy (non-hydrogen) atoms. The van der Waals surface area contributed by atoms with E-state index in [1.165, 1.54) is 16.7 Å². The Kier molecular flexibility index (Phi) is 5.58. The highest BCUT2D eigenvalue weighted by atomic mass is 16.1. The molecule has 0 atom stereocenters. The van der Waals surface area contributed by atoms with E-state index in [-0.39, 0.29) is 0 Å². The van der Waals surface area contributed by atoms with Crippen molar-refractivity contribution >= 4 is 5.78 Å². The molecule has 0 heterocycles. The normalized spacial score (nSPS) is 11.0. The van der Waals surface area contributed by atoms with Crippen molar-refractivity contribution in [2.45, 2.75) is 60.3 Å². The lowest BCUT2D eigenvalue weighted by Crippen LogP contribution is -2.11. The van der Waals surface area contributed by atoms with Gasteiger partial charge in [-0.25, -0.2) is 0 Å². The van der Waals surface area contributed by atoms with Crippen LogP contribution in [0.15, 0.2) is 12.1 Å². The molecule has 0 bridgehead atoms. The second kappa shape index (κ2) is 6.72. The zero-order chi connectivity index (χ0) is 13.7. The summed E-state index contributed by atoms with van der Waals surface area (Å²) in [4.78, 5) is 12.4. The maximum atomic E-state index is 12.4. The van der Waals surface area contributed by atoms with Gasteiger partial charge in [0.25, 0.3) is 0 Å². The Bertz CT molecular complexity index is 391. The Morgan fingerprint density at radius 3 is 1.83 bits per heavy atom. The fourth-order valence-electron chi connectivity index (χ4n) is 2.43. The minimum atomic E-state index is 0.321. The molecular formula is C17H26O. The Morgan fingerprint density at radius 2 is 1.50 bits per heavy atom. The van der Waals surface area contributed by atoms with E-state index < -0.39 is 0 Å². The third kappa shape index (κ3) is 3.44. The van der Waals surface area contributed by atoms with E-state index in [1.807, 2.05) is 0 Å². The average Bonchev–Trinajstić information content (AvgIpc) is 2.35. The Morgan fingerprint density at radius 1 is 1.00 bits per heavy atom. The van der Waals surface area contributed by atoms with E-state index in [4.69, 9.17) is 0 Å². The van der Waals surface area contributed by atoms with Gasteiger partial charge in [-0.2, -0.15) is 0 Å². The number of benzene rings is 1. The largest absolute Gasteiger partial charge is 0.294 e. The Hall–Kier alpha value is -1.11. The third-order valence-electron chi connectivity index (χ3n) is 3.40. The molecule has 100 valence electrons. The average molecular weight is 246 g/mol. The highest BCUT2D eigenvalue weighted by Gasteiger charge is 2.16. The van der Waals surface area contributed by atoms with Crippen molar-refractivity contribution < 1.29 is 4.79 Å². The molecule has 0 N–H and O–H groups in total.